The van der Waals surface area contributed by atoms with E-state index in [0.29, 0.717) is 16.8 Å². The van der Waals surface area contributed by atoms with Crippen LogP contribution in [-0.2, 0) is 28.7 Å². The first-order valence-corrected chi connectivity index (χ1v) is 11.7. The van der Waals surface area contributed by atoms with Gasteiger partial charge in [0.15, 0.2) is 5.13 Å². The van der Waals surface area contributed by atoms with Gasteiger partial charge in [0.2, 0.25) is 0 Å². The second-order valence-electron chi connectivity index (χ2n) is 8.24. The second-order valence-corrected chi connectivity index (χ2v) is 9.25. The lowest BCUT2D eigenvalue weighted by atomic mass is 10.1. The Kier molecular flexibility index (Phi) is 6.90. The zero-order chi connectivity index (χ0) is 23.6. The smallest absolute Gasteiger partial charge is 0.416 e. The lowest BCUT2D eigenvalue weighted by Crippen LogP contribution is -2.51. The van der Waals surface area contributed by atoms with Crippen LogP contribution in [0.25, 0.3) is 10.2 Å². The molecule has 9 heteroatoms. The molecule has 176 valence electrons. The van der Waals surface area contributed by atoms with Crippen LogP contribution >= 0.6 is 11.3 Å². The number of alkyl halides is 3. The van der Waals surface area contributed by atoms with Crippen molar-refractivity contribution < 1.29 is 22.7 Å². The number of anilines is 1. The van der Waals surface area contributed by atoms with Crippen molar-refractivity contribution >= 4 is 32.7 Å². The van der Waals surface area contributed by atoms with Crippen LogP contribution in [0.15, 0.2) is 42.5 Å². The summed E-state index contributed by atoms with van der Waals surface area (Å²) in [6.07, 6.45) is -4.09. The van der Waals surface area contributed by atoms with E-state index in [9.17, 15) is 18.0 Å². The fraction of sp³-hybridized carbons (Fsp3) is 0.417. The van der Waals surface area contributed by atoms with E-state index in [1.54, 1.807) is 6.92 Å². The third-order valence-electron chi connectivity index (χ3n) is 5.77. The Morgan fingerprint density at radius 1 is 1.18 bits per heavy atom. The maximum atomic E-state index is 13.0. The highest BCUT2D eigenvalue weighted by molar-refractivity contribution is 7.22. The van der Waals surface area contributed by atoms with Crippen LogP contribution in [0.2, 0.25) is 0 Å². The van der Waals surface area contributed by atoms with Crippen molar-refractivity contribution in [2.45, 2.75) is 39.0 Å². The molecule has 0 N–H and O–H groups in total. The number of esters is 1. The Morgan fingerprint density at radius 2 is 1.97 bits per heavy atom. The van der Waals surface area contributed by atoms with Gasteiger partial charge in [0.1, 0.15) is 0 Å². The molecular formula is C24H26F3N3O2S. The monoisotopic (exact) mass is 477 g/mol. The van der Waals surface area contributed by atoms with Crippen molar-refractivity contribution in [2.24, 2.45) is 0 Å². The van der Waals surface area contributed by atoms with E-state index >= 15 is 0 Å². The highest BCUT2D eigenvalue weighted by Gasteiger charge is 2.31. The predicted molar refractivity (Wildman–Crippen MR) is 123 cm³/mol. The molecule has 1 fully saturated rings. The van der Waals surface area contributed by atoms with Gasteiger partial charge in [-0.15, -0.1) is 0 Å². The molecule has 2 heterocycles. The SMILES string of the molecule is CCOC(=O)Cc1cccc(CN2CCN(c3nc4ccc(C(F)(F)F)cc4s3)CC2C)c1. The Hall–Kier alpha value is -2.65. The number of benzene rings is 2. The number of hydrogen-bond donors (Lipinski definition) is 0. The summed E-state index contributed by atoms with van der Waals surface area (Å²) < 4.78 is 44.6. The number of carbonyl (C=O) groups is 1. The highest BCUT2D eigenvalue weighted by atomic mass is 32.1. The van der Waals surface area contributed by atoms with Crippen LogP contribution < -0.4 is 4.90 Å². The number of fused-ring (bicyclic) bond motifs is 1. The molecule has 5 nitrogen and oxygen atoms in total. The van der Waals surface area contributed by atoms with Gasteiger partial charge >= 0.3 is 12.1 Å². The zero-order valence-corrected chi connectivity index (χ0v) is 19.4. The molecule has 0 radical (unpaired) electrons. The number of rotatable bonds is 6. The number of carbonyl (C=O) groups excluding carboxylic acids is 1. The first-order valence-electron chi connectivity index (χ1n) is 10.9. The summed E-state index contributed by atoms with van der Waals surface area (Å²) in [5, 5.41) is 0.757. The molecule has 0 spiro atoms. The molecule has 2 aromatic carbocycles. The quantitative estimate of drug-likeness (QED) is 0.461. The van der Waals surface area contributed by atoms with Gasteiger partial charge in [-0.05, 0) is 43.2 Å². The van der Waals surface area contributed by atoms with E-state index in [0.717, 1.165) is 48.5 Å². The standard InChI is InChI=1S/C24H26F3N3O2S/c1-3-32-22(31)12-17-5-4-6-18(11-17)15-29-9-10-30(14-16(29)2)23-28-20-8-7-19(24(25,26)27)13-21(20)33-23/h4-8,11,13,16H,3,9-10,12,14-15H2,1-2H3. The molecule has 0 saturated carbocycles. The molecule has 1 aliphatic heterocycles. The van der Waals surface area contributed by atoms with Crippen molar-refractivity contribution in [3.8, 4) is 0 Å². The van der Waals surface area contributed by atoms with Gasteiger partial charge in [-0.3, -0.25) is 9.69 Å². The topological polar surface area (TPSA) is 45.7 Å². The average Bonchev–Trinajstić information content (AvgIpc) is 3.18. The number of hydrogen-bond acceptors (Lipinski definition) is 6. The molecule has 0 bridgehead atoms. The summed E-state index contributed by atoms with van der Waals surface area (Å²) in [6, 6.07) is 11.9. The molecular weight excluding hydrogens is 451 g/mol. The summed E-state index contributed by atoms with van der Waals surface area (Å²) in [5.41, 5.74) is 2.02. The molecule has 0 amide bonds. The van der Waals surface area contributed by atoms with Crippen LogP contribution in [0.3, 0.4) is 0 Å². The normalized spacial score (nSPS) is 17.5. The van der Waals surface area contributed by atoms with Crippen molar-refractivity contribution in [3.05, 3.63) is 59.2 Å². The van der Waals surface area contributed by atoms with Crippen molar-refractivity contribution in [3.63, 3.8) is 0 Å². The zero-order valence-electron chi connectivity index (χ0n) is 18.6. The maximum Gasteiger partial charge on any atom is 0.416 e. The fourth-order valence-electron chi connectivity index (χ4n) is 4.08. The van der Waals surface area contributed by atoms with E-state index < -0.39 is 11.7 Å². The van der Waals surface area contributed by atoms with Gasteiger partial charge in [0.05, 0.1) is 28.8 Å². The van der Waals surface area contributed by atoms with E-state index in [-0.39, 0.29) is 18.4 Å². The number of aromatic nitrogens is 1. The number of nitrogens with zero attached hydrogens (tertiary/aromatic N) is 3. The lowest BCUT2D eigenvalue weighted by molar-refractivity contribution is -0.142. The summed E-state index contributed by atoms with van der Waals surface area (Å²) in [6.45, 7) is 7.38. The molecule has 1 saturated heterocycles. The molecule has 33 heavy (non-hydrogen) atoms. The Balaban J connectivity index is 1.40. The first kappa shape index (κ1) is 23.5. The lowest BCUT2D eigenvalue weighted by Gasteiger charge is -2.39. The minimum absolute atomic E-state index is 0.227. The number of thiazole rings is 1. The van der Waals surface area contributed by atoms with Crippen LogP contribution in [0.1, 0.15) is 30.5 Å². The van der Waals surface area contributed by atoms with Gasteiger partial charge in [-0.1, -0.05) is 35.6 Å². The second kappa shape index (κ2) is 9.69. The van der Waals surface area contributed by atoms with Crippen LogP contribution in [0.5, 0.6) is 0 Å². The summed E-state index contributed by atoms with van der Waals surface area (Å²) in [5.74, 6) is -0.227. The van der Waals surface area contributed by atoms with Crippen molar-refractivity contribution in [1.82, 2.24) is 9.88 Å². The molecule has 1 atom stereocenters. The summed E-state index contributed by atoms with van der Waals surface area (Å²) in [7, 11) is 0. The predicted octanol–water partition coefficient (Wildman–Crippen LogP) is 5.13. The van der Waals surface area contributed by atoms with Crippen molar-refractivity contribution in [2.75, 3.05) is 31.1 Å². The van der Waals surface area contributed by atoms with E-state index in [1.807, 2.05) is 18.2 Å². The Labute approximate surface area is 194 Å². The van der Waals surface area contributed by atoms with E-state index in [1.165, 1.54) is 23.5 Å². The third-order valence-corrected chi connectivity index (χ3v) is 6.85. The van der Waals surface area contributed by atoms with Gasteiger partial charge in [-0.2, -0.15) is 13.2 Å². The minimum Gasteiger partial charge on any atom is -0.466 e. The number of halogens is 3. The maximum absolute atomic E-state index is 13.0. The van der Waals surface area contributed by atoms with E-state index in [2.05, 4.69) is 27.8 Å². The highest BCUT2D eigenvalue weighted by Crippen LogP contribution is 2.36. The third kappa shape index (κ3) is 5.65. The molecule has 1 aliphatic rings. The molecule has 1 aromatic heterocycles. The number of piperazine rings is 1. The van der Waals surface area contributed by atoms with E-state index in [4.69, 9.17) is 4.74 Å². The summed E-state index contributed by atoms with van der Waals surface area (Å²) in [4.78, 5) is 20.9. The van der Waals surface area contributed by atoms with Gasteiger partial charge in [0.25, 0.3) is 0 Å². The first-order chi connectivity index (χ1) is 15.7. The average molecular weight is 478 g/mol. The Morgan fingerprint density at radius 3 is 2.70 bits per heavy atom. The van der Waals surface area contributed by atoms with Gasteiger partial charge in [0, 0.05) is 32.2 Å². The van der Waals surface area contributed by atoms with Gasteiger partial charge in [-0.25, -0.2) is 4.98 Å². The molecule has 0 aliphatic carbocycles. The summed E-state index contributed by atoms with van der Waals surface area (Å²) >= 11 is 1.31. The van der Waals surface area contributed by atoms with Crippen LogP contribution in [-0.4, -0.2) is 48.1 Å². The minimum atomic E-state index is -4.36. The molecule has 1 unspecified atom stereocenters. The fourth-order valence-corrected chi connectivity index (χ4v) is 5.12. The number of ether oxygens (including phenoxy) is 1. The van der Waals surface area contributed by atoms with Crippen molar-refractivity contribution in [1.29, 1.82) is 0 Å². The molecule has 3 aromatic rings. The van der Waals surface area contributed by atoms with Crippen LogP contribution in [0.4, 0.5) is 18.3 Å². The molecule has 4 rings (SSSR count). The van der Waals surface area contributed by atoms with Crippen LogP contribution in [0, 0.1) is 0 Å². The largest absolute Gasteiger partial charge is 0.466 e. The van der Waals surface area contributed by atoms with Gasteiger partial charge < -0.3 is 9.64 Å². The Bertz CT molecular complexity index is 1130.